The maximum Gasteiger partial charge on any atom is 0.326 e. The van der Waals surface area contributed by atoms with E-state index in [0.29, 0.717) is 10.2 Å². The fourth-order valence-corrected chi connectivity index (χ4v) is 4.51. The van der Waals surface area contributed by atoms with E-state index >= 15 is 0 Å². The molecule has 0 unspecified atom stereocenters. The molecule has 31 heavy (non-hydrogen) atoms. The van der Waals surface area contributed by atoms with Crippen molar-refractivity contribution >= 4 is 33.4 Å². The quantitative estimate of drug-likeness (QED) is 0.523. The molecule has 0 spiro atoms. The molecule has 1 amide bonds. The van der Waals surface area contributed by atoms with Crippen LogP contribution < -0.4 is 5.56 Å². The average molecular weight is 442 g/mol. The number of hydrogen-bond acceptors (Lipinski definition) is 6. The largest absolute Gasteiger partial charge is 0.454 e. The predicted octanol–water partition coefficient (Wildman–Crippen LogP) is 3.62. The van der Waals surface area contributed by atoms with Gasteiger partial charge in [-0.1, -0.05) is 29.8 Å². The Morgan fingerprint density at radius 2 is 1.77 bits per heavy atom. The molecule has 2 heterocycles. The van der Waals surface area contributed by atoms with Crippen molar-refractivity contribution in [2.45, 2.75) is 53.2 Å². The van der Waals surface area contributed by atoms with Gasteiger partial charge in [-0.05, 0) is 40.2 Å². The second kappa shape index (κ2) is 9.43. The summed E-state index contributed by atoms with van der Waals surface area (Å²) < 4.78 is 6.38. The molecule has 0 aliphatic heterocycles. The third kappa shape index (κ3) is 5.02. The van der Waals surface area contributed by atoms with E-state index < -0.39 is 5.97 Å². The van der Waals surface area contributed by atoms with E-state index in [2.05, 4.69) is 4.98 Å². The number of fused-ring (bicyclic) bond motifs is 1. The first-order valence-electron chi connectivity index (χ1n) is 10.2. The summed E-state index contributed by atoms with van der Waals surface area (Å²) in [6.45, 7) is 8.98. The van der Waals surface area contributed by atoms with Crippen LogP contribution in [0, 0.1) is 6.92 Å². The van der Waals surface area contributed by atoms with Crippen LogP contribution in [0.3, 0.4) is 0 Å². The van der Waals surface area contributed by atoms with Gasteiger partial charge in [0.2, 0.25) is 0 Å². The van der Waals surface area contributed by atoms with Crippen LogP contribution in [0.25, 0.3) is 21.3 Å². The van der Waals surface area contributed by atoms with E-state index in [9.17, 15) is 14.4 Å². The Hall–Kier alpha value is -3.00. The summed E-state index contributed by atoms with van der Waals surface area (Å²) in [5.74, 6) is -0.921. The highest BCUT2D eigenvalue weighted by Crippen LogP contribution is 2.30. The topological polar surface area (TPSA) is 81.5 Å². The van der Waals surface area contributed by atoms with E-state index in [-0.39, 0.29) is 36.7 Å². The molecule has 1 aromatic carbocycles. The molecule has 0 fully saturated rings. The fraction of sp³-hybridized carbons (Fsp3) is 0.391. The number of carbonyl (C=O) groups is 2. The molecule has 0 saturated carbocycles. The van der Waals surface area contributed by atoms with Crippen LogP contribution in [-0.4, -0.2) is 45.0 Å². The standard InChI is InChI=1S/C23H27N3O4S/c1-14(2)26(15(3)4)19(27)11-30-20(28)10-25-13-24-22-21(23(25)29)18(12-31-22)17-8-6-16(5)7-9-17/h6-9,12-15H,10-11H2,1-5H3. The molecule has 0 N–H and O–H groups in total. The number of esters is 1. The van der Waals surface area contributed by atoms with Crippen molar-refractivity contribution in [3.8, 4) is 11.1 Å². The summed E-state index contributed by atoms with van der Waals surface area (Å²) in [5.41, 5.74) is 2.53. The summed E-state index contributed by atoms with van der Waals surface area (Å²) in [5, 5.41) is 2.38. The molecular formula is C23H27N3O4S. The van der Waals surface area contributed by atoms with Crippen LogP contribution >= 0.6 is 11.3 Å². The Morgan fingerprint density at radius 1 is 1.13 bits per heavy atom. The molecule has 8 heteroatoms. The summed E-state index contributed by atoms with van der Waals surface area (Å²) in [4.78, 5) is 44.4. The summed E-state index contributed by atoms with van der Waals surface area (Å²) in [6.07, 6.45) is 1.34. The van der Waals surface area contributed by atoms with Gasteiger partial charge >= 0.3 is 5.97 Å². The molecule has 3 rings (SSSR count). The Morgan fingerprint density at radius 3 is 2.39 bits per heavy atom. The van der Waals surface area contributed by atoms with Crippen LogP contribution in [0.15, 0.2) is 40.8 Å². The van der Waals surface area contributed by atoms with Gasteiger partial charge in [0, 0.05) is 23.0 Å². The number of hydrogen-bond donors (Lipinski definition) is 0. The molecule has 0 atom stereocenters. The first kappa shape index (κ1) is 22.7. The normalized spacial score (nSPS) is 11.3. The van der Waals surface area contributed by atoms with Crippen LogP contribution in [0.2, 0.25) is 0 Å². The maximum atomic E-state index is 13.1. The molecule has 164 valence electrons. The lowest BCUT2D eigenvalue weighted by Gasteiger charge is -2.30. The molecule has 0 bridgehead atoms. The number of ether oxygens (including phenoxy) is 1. The molecular weight excluding hydrogens is 414 g/mol. The van der Waals surface area contributed by atoms with E-state index in [4.69, 9.17) is 4.74 Å². The van der Waals surface area contributed by atoms with Crippen molar-refractivity contribution < 1.29 is 14.3 Å². The van der Waals surface area contributed by atoms with Crippen LogP contribution in [-0.2, 0) is 20.9 Å². The van der Waals surface area contributed by atoms with Crippen molar-refractivity contribution in [3.63, 3.8) is 0 Å². The number of benzene rings is 1. The van der Waals surface area contributed by atoms with Gasteiger partial charge < -0.3 is 9.64 Å². The lowest BCUT2D eigenvalue weighted by Crippen LogP contribution is -2.44. The third-order valence-electron chi connectivity index (χ3n) is 4.98. The number of aryl methyl sites for hydroxylation is 1. The van der Waals surface area contributed by atoms with Crippen LogP contribution in [0.5, 0.6) is 0 Å². The number of amides is 1. The predicted molar refractivity (Wildman–Crippen MR) is 122 cm³/mol. The number of thiophene rings is 1. The van der Waals surface area contributed by atoms with Crippen LogP contribution in [0.4, 0.5) is 0 Å². The molecule has 0 radical (unpaired) electrons. The molecule has 3 aromatic rings. The maximum absolute atomic E-state index is 13.1. The van der Waals surface area contributed by atoms with Crippen molar-refractivity contribution in [2.75, 3.05) is 6.61 Å². The molecule has 0 saturated heterocycles. The Bertz CT molecular complexity index is 1140. The minimum atomic E-state index is -0.656. The van der Waals surface area contributed by atoms with Crippen LogP contribution in [0.1, 0.15) is 33.3 Å². The summed E-state index contributed by atoms with van der Waals surface area (Å²) >= 11 is 1.39. The molecule has 0 aliphatic carbocycles. The number of aromatic nitrogens is 2. The second-order valence-corrected chi connectivity index (χ2v) is 8.88. The Balaban J connectivity index is 1.78. The monoisotopic (exact) mass is 441 g/mol. The highest BCUT2D eigenvalue weighted by atomic mass is 32.1. The van der Waals surface area contributed by atoms with Gasteiger partial charge in [0.15, 0.2) is 6.61 Å². The lowest BCUT2D eigenvalue weighted by molar-refractivity contribution is -0.154. The van der Waals surface area contributed by atoms with E-state index in [1.807, 2.05) is 64.3 Å². The zero-order chi connectivity index (χ0) is 22.7. The SMILES string of the molecule is Cc1ccc(-c2csc3ncn(CC(=O)OCC(=O)N(C(C)C)C(C)C)c(=O)c23)cc1. The van der Waals surface area contributed by atoms with Crippen molar-refractivity contribution in [3.05, 3.63) is 51.9 Å². The summed E-state index contributed by atoms with van der Waals surface area (Å²) in [7, 11) is 0. The summed E-state index contributed by atoms with van der Waals surface area (Å²) in [6, 6.07) is 7.89. The van der Waals surface area contributed by atoms with Gasteiger partial charge in [0.1, 0.15) is 11.4 Å². The average Bonchev–Trinajstić information content (AvgIpc) is 3.13. The Kier molecular flexibility index (Phi) is 6.90. The van der Waals surface area contributed by atoms with Crippen molar-refractivity contribution in [1.29, 1.82) is 0 Å². The van der Waals surface area contributed by atoms with Gasteiger partial charge in [-0.15, -0.1) is 11.3 Å². The molecule has 7 nitrogen and oxygen atoms in total. The molecule has 2 aromatic heterocycles. The third-order valence-corrected chi connectivity index (χ3v) is 5.87. The number of rotatable bonds is 7. The smallest absolute Gasteiger partial charge is 0.326 e. The van der Waals surface area contributed by atoms with E-state index in [0.717, 1.165) is 16.7 Å². The lowest BCUT2D eigenvalue weighted by atomic mass is 10.1. The first-order valence-corrected chi connectivity index (χ1v) is 11.1. The Labute approximate surface area is 185 Å². The minimum Gasteiger partial charge on any atom is -0.454 e. The molecule has 0 aliphatic rings. The number of nitrogens with zero attached hydrogens (tertiary/aromatic N) is 3. The zero-order valence-electron chi connectivity index (χ0n) is 18.4. The highest BCUT2D eigenvalue weighted by Gasteiger charge is 2.22. The first-order chi connectivity index (χ1) is 14.7. The number of carbonyl (C=O) groups excluding carboxylic acids is 2. The van der Waals surface area contributed by atoms with E-state index in [1.54, 1.807) is 4.90 Å². The second-order valence-electron chi connectivity index (χ2n) is 8.02. The fourth-order valence-electron chi connectivity index (χ4n) is 3.60. The minimum absolute atomic E-state index is 0.000727. The van der Waals surface area contributed by atoms with Gasteiger partial charge in [0.05, 0.1) is 11.7 Å². The highest BCUT2D eigenvalue weighted by molar-refractivity contribution is 7.17. The van der Waals surface area contributed by atoms with Crippen molar-refractivity contribution in [2.24, 2.45) is 0 Å². The van der Waals surface area contributed by atoms with Gasteiger partial charge in [-0.2, -0.15) is 0 Å². The zero-order valence-corrected chi connectivity index (χ0v) is 19.2. The van der Waals surface area contributed by atoms with Gasteiger partial charge in [-0.3, -0.25) is 19.0 Å². The van der Waals surface area contributed by atoms with Gasteiger partial charge in [-0.25, -0.2) is 4.98 Å². The van der Waals surface area contributed by atoms with E-state index in [1.165, 1.54) is 22.2 Å². The van der Waals surface area contributed by atoms with Gasteiger partial charge in [0.25, 0.3) is 11.5 Å². The van der Waals surface area contributed by atoms with Crippen molar-refractivity contribution in [1.82, 2.24) is 14.5 Å².